The van der Waals surface area contributed by atoms with Gasteiger partial charge in [-0.2, -0.15) is 0 Å². The van der Waals surface area contributed by atoms with Crippen molar-refractivity contribution >= 4 is 0 Å². The molecule has 0 saturated heterocycles. The molecule has 0 fully saturated rings. The predicted molar refractivity (Wildman–Crippen MR) is 68.6 cm³/mol. The SMILES string of the molecule is CCOc1cc2c(cc1OCC)C(C)(C)NC2. The van der Waals surface area contributed by atoms with Gasteiger partial charge in [0, 0.05) is 12.1 Å². The number of hydrogen-bond donors (Lipinski definition) is 1. The van der Waals surface area contributed by atoms with Gasteiger partial charge in [0.2, 0.25) is 0 Å². The summed E-state index contributed by atoms with van der Waals surface area (Å²) in [6.07, 6.45) is 0. The molecule has 1 N–H and O–H groups in total. The van der Waals surface area contributed by atoms with Crippen LogP contribution in [0.5, 0.6) is 11.5 Å². The van der Waals surface area contributed by atoms with Crippen LogP contribution >= 0.6 is 0 Å². The number of benzene rings is 1. The molecule has 0 bridgehead atoms. The van der Waals surface area contributed by atoms with Crippen LogP contribution in [-0.4, -0.2) is 13.2 Å². The Morgan fingerprint density at radius 1 is 1.12 bits per heavy atom. The lowest BCUT2D eigenvalue weighted by atomic mass is 9.94. The lowest BCUT2D eigenvalue weighted by Crippen LogP contribution is -2.28. The fourth-order valence-electron chi connectivity index (χ4n) is 2.28. The second-order valence-electron chi connectivity index (χ2n) is 4.80. The molecule has 1 aliphatic heterocycles. The molecular weight excluding hydrogens is 214 g/mol. The van der Waals surface area contributed by atoms with E-state index < -0.39 is 0 Å². The summed E-state index contributed by atoms with van der Waals surface area (Å²) >= 11 is 0. The lowest BCUT2D eigenvalue weighted by Gasteiger charge is -2.21. The molecule has 3 nitrogen and oxygen atoms in total. The minimum absolute atomic E-state index is 0.0198. The second-order valence-corrected chi connectivity index (χ2v) is 4.80. The maximum Gasteiger partial charge on any atom is 0.161 e. The minimum atomic E-state index is 0.0198. The zero-order valence-corrected chi connectivity index (χ0v) is 11.1. The van der Waals surface area contributed by atoms with Gasteiger partial charge >= 0.3 is 0 Å². The topological polar surface area (TPSA) is 30.5 Å². The van der Waals surface area contributed by atoms with Crippen molar-refractivity contribution < 1.29 is 9.47 Å². The van der Waals surface area contributed by atoms with Crippen molar-refractivity contribution in [2.75, 3.05) is 13.2 Å². The summed E-state index contributed by atoms with van der Waals surface area (Å²) in [7, 11) is 0. The first kappa shape index (κ1) is 12.2. The van der Waals surface area contributed by atoms with Crippen LogP contribution < -0.4 is 14.8 Å². The third-order valence-corrected chi connectivity index (χ3v) is 3.16. The van der Waals surface area contributed by atoms with Crippen LogP contribution in [0.3, 0.4) is 0 Å². The Balaban J connectivity index is 2.44. The Hall–Kier alpha value is -1.22. The predicted octanol–water partition coefficient (Wildman–Crippen LogP) is 2.82. The summed E-state index contributed by atoms with van der Waals surface area (Å²) in [4.78, 5) is 0. The number of nitrogens with one attached hydrogen (secondary N) is 1. The van der Waals surface area contributed by atoms with E-state index in [4.69, 9.17) is 9.47 Å². The van der Waals surface area contributed by atoms with E-state index in [9.17, 15) is 0 Å². The highest BCUT2D eigenvalue weighted by Gasteiger charge is 2.30. The number of rotatable bonds is 4. The lowest BCUT2D eigenvalue weighted by molar-refractivity contribution is 0.287. The van der Waals surface area contributed by atoms with E-state index in [0.29, 0.717) is 13.2 Å². The third-order valence-electron chi connectivity index (χ3n) is 3.16. The van der Waals surface area contributed by atoms with Crippen LogP contribution in [-0.2, 0) is 12.1 Å². The molecule has 2 rings (SSSR count). The first-order chi connectivity index (χ1) is 8.08. The molecule has 0 aromatic heterocycles. The van der Waals surface area contributed by atoms with Gasteiger partial charge in [0.25, 0.3) is 0 Å². The molecule has 1 aromatic carbocycles. The summed E-state index contributed by atoms with van der Waals surface area (Å²) in [6.45, 7) is 10.6. The average Bonchev–Trinajstić information content (AvgIpc) is 2.56. The Morgan fingerprint density at radius 3 is 2.29 bits per heavy atom. The van der Waals surface area contributed by atoms with Crippen molar-refractivity contribution in [3.05, 3.63) is 23.3 Å². The van der Waals surface area contributed by atoms with E-state index >= 15 is 0 Å². The van der Waals surface area contributed by atoms with Crippen LogP contribution in [0.4, 0.5) is 0 Å². The van der Waals surface area contributed by atoms with Gasteiger partial charge in [0.05, 0.1) is 13.2 Å². The first-order valence-electron chi connectivity index (χ1n) is 6.26. The Kier molecular flexibility index (Phi) is 3.29. The molecular formula is C14H21NO2. The summed E-state index contributed by atoms with van der Waals surface area (Å²) in [5.41, 5.74) is 2.64. The average molecular weight is 235 g/mol. The number of ether oxygens (including phenoxy) is 2. The van der Waals surface area contributed by atoms with Crippen molar-refractivity contribution in [3.63, 3.8) is 0 Å². The quantitative estimate of drug-likeness (QED) is 0.870. The van der Waals surface area contributed by atoms with Gasteiger partial charge in [-0.25, -0.2) is 0 Å². The molecule has 1 aliphatic rings. The maximum absolute atomic E-state index is 5.66. The van der Waals surface area contributed by atoms with Crippen molar-refractivity contribution in [1.82, 2.24) is 5.32 Å². The van der Waals surface area contributed by atoms with E-state index in [1.807, 2.05) is 13.8 Å². The molecule has 0 unspecified atom stereocenters. The highest BCUT2D eigenvalue weighted by Crippen LogP contribution is 2.39. The molecule has 1 heterocycles. The van der Waals surface area contributed by atoms with Crippen molar-refractivity contribution in [3.8, 4) is 11.5 Å². The number of hydrogen-bond acceptors (Lipinski definition) is 3. The summed E-state index contributed by atoms with van der Waals surface area (Å²) in [5.74, 6) is 1.71. The van der Waals surface area contributed by atoms with E-state index in [1.165, 1.54) is 11.1 Å². The molecule has 94 valence electrons. The molecule has 0 spiro atoms. The largest absolute Gasteiger partial charge is 0.490 e. The third kappa shape index (κ3) is 2.25. The van der Waals surface area contributed by atoms with Crippen LogP contribution in [0, 0.1) is 0 Å². The first-order valence-corrected chi connectivity index (χ1v) is 6.26. The summed E-state index contributed by atoms with van der Waals surface area (Å²) < 4.78 is 11.3. The fraction of sp³-hybridized carbons (Fsp3) is 0.571. The minimum Gasteiger partial charge on any atom is -0.490 e. The van der Waals surface area contributed by atoms with E-state index in [1.54, 1.807) is 0 Å². The Morgan fingerprint density at radius 2 is 1.71 bits per heavy atom. The van der Waals surface area contributed by atoms with Crippen molar-refractivity contribution in [2.45, 2.75) is 39.8 Å². The van der Waals surface area contributed by atoms with E-state index in [0.717, 1.165) is 18.0 Å². The van der Waals surface area contributed by atoms with Gasteiger partial charge in [-0.15, -0.1) is 0 Å². The van der Waals surface area contributed by atoms with Gasteiger partial charge in [-0.05, 0) is 51.0 Å². The van der Waals surface area contributed by atoms with Gasteiger partial charge in [0.1, 0.15) is 0 Å². The smallest absolute Gasteiger partial charge is 0.161 e. The molecule has 17 heavy (non-hydrogen) atoms. The Bertz CT molecular complexity index is 413. The molecule has 0 aliphatic carbocycles. The standard InChI is InChI=1S/C14H21NO2/c1-5-16-12-7-10-9-15-14(3,4)11(10)8-13(12)17-6-2/h7-8,15H,5-6,9H2,1-4H3. The normalized spacial score (nSPS) is 16.7. The highest BCUT2D eigenvalue weighted by molar-refractivity contribution is 5.51. The summed E-state index contributed by atoms with van der Waals surface area (Å²) in [5, 5.41) is 3.49. The highest BCUT2D eigenvalue weighted by atomic mass is 16.5. The van der Waals surface area contributed by atoms with Gasteiger partial charge in [-0.1, -0.05) is 0 Å². The molecule has 0 atom stereocenters. The Labute approximate surface area is 103 Å². The van der Waals surface area contributed by atoms with E-state index in [2.05, 4.69) is 31.3 Å². The van der Waals surface area contributed by atoms with Gasteiger partial charge in [-0.3, -0.25) is 0 Å². The van der Waals surface area contributed by atoms with Crippen LogP contribution in [0.25, 0.3) is 0 Å². The van der Waals surface area contributed by atoms with Gasteiger partial charge in [0.15, 0.2) is 11.5 Å². The van der Waals surface area contributed by atoms with Crippen molar-refractivity contribution in [2.24, 2.45) is 0 Å². The van der Waals surface area contributed by atoms with Crippen LogP contribution in [0.15, 0.2) is 12.1 Å². The monoisotopic (exact) mass is 235 g/mol. The fourth-order valence-corrected chi connectivity index (χ4v) is 2.28. The molecule has 0 amide bonds. The van der Waals surface area contributed by atoms with Crippen LogP contribution in [0.2, 0.25) is 0 Å². The molecule has 1 aromatic rings. The zero-order chi connectivity index (χ0) is 12.5. The molecule has 0 saturated carbocycles. The number of fused-ring (bicyclic) bond motifs is 1. The second kappa shape index (κ2) is 4.57. The maximum atomic E-state index is 5.66. The van der Waals surface area contributed by atoms with Crippen LogP contribution in [0.1, 0.15) is 38.8 Å². The zero-order valence-electron chi connectivity index (χ0n) is 11.1. The molecule has 0 radical (unpaired) electrons. The summed E-state index contributed by atoms with van der Waals surface area (Å²) in [6, 6.07) is 4.22. The van der Waals surface area contributed by atoms with Crippen molar-refractivity contribution in [1.29, 1.82) is 0 Å². The van der Waals surface area contributed by atoms with E-state index in [-0.39, 0.29) is 5.54 Å². The molecule has 3 heteroatoms. The van der Waals surface area contributed by atoms with Gasteiger partial charge < -0.3 is 14.8 Å².